The zero-order valence-corrected chi connectivity index (χ0v) is 7.27. The number of carboxylic acids is 1. The van der Waals surface area contributed by atoms with Crippen LogP contribution in [0, 0.1) is 0 Å². The number of hydrogen-bond donors (Lipinski definition) is 3. The number of carboxylic acid groups (broad SMARTS) is 2. The molecule has 1 rings (SSSR count). The number of carbonyl (C=O) groups excluding carboxylic acids is 1. The Hall–Kier alpha value is -1.79. The first kappa shape index (κ1) is 10.3. The maximum Gasteiger partial charge on any atom is 0.408 e. The SMILES string of the molecule is O=C(O)CC1C(=O)NCCN1C(=O)O. The molecule has 0 aromatic rings. The minimum atomic E-state index is -1.27. The van der Waals surface area contributed by atoms with E-state index in [9.17, 15) is 14.4 Å². The molecule has 1 fully saturated rings. The van der Waals surface area contributed by atoms with Gasteiger partial charge in [0.05, 0.1) is 6.42 Å². The van der Waals surface area contributed by atoms with Crippen molar-refractivity contribution in [3.63, 3.8) is 0 Å². The first-order chi connectivity index (χ1) is 6.52. The van der Waals surface area contributed by atoms with Crippen molar-refractivity contribution in [1.29, 1.82) is 0 Å². The van der Waals surface area contributed by atoms with Gasteiger partial charge in [0.25, 0.3) is 0 Å². The summed E-state index contributed by atoms with van der Waals surface area (Å²) in [6.07, 6.45) is -1.77. The van der Waals surface area contributed by atoms with Crippen LogP contribution in [0.25, 0.3) is 0 Å². The Kier molecular flexibility index (Phi) is 2.90. The van der Waals surface area contributed by atoms with E-state index in [1.165, 1.54) is 0 Å². The summed E-state index contributed by atoms with van der Waals surface area (Å²) in [5.41, 5.74) is 0. The molecular weight excluding hydrogens is 192 g/mol. The van der Waals surface area contributed by atoms with Gasteiger partial charge in [-0.2, -0.15) is 0 Å². The summed E-state index contributed by atoms with van der Waals surface area (Å²) in [6, 6.07) is -1.11. The fourth-order valence-corrected chi connectivity index (χ4v) is 1.31. The molecule has 78 valence electrons. The van der Waals surface area contributed by atoms with Crippen LogP contribution in [0.4, 0.5) is 4.79 Å². The van der Waals surface area contributed by atoms with Crippen LogP contribution in [-0.4, -0.2) is 52.2 Å². The van der Waals surface area contributed by atoms with Crippen molar-refractivity contribution in [2.45, 2.75) is 12.5 Å². The standard InChI is InChI=1S/C7H10N2O5/c10-5(11)3-4-6(12)8-1-2-9(4)7(13)14/h4H,1-3H2,(H,8,12)(H,10,11)(H,13,14). The van der Waals surface area contributed by atoms with E-state index >= 15 is 0 Å². The molecule has 0 spiro atoms. The molecule has 0 aromatic carbocycles. The van der Waals surface area contributed by atoms with Gasteiger partial charge < -0.3 is 15.5 Å². The van der Waals surface area contributed by atoms with E-state index in [2.05, 4.69) is 5.32 Å². The molecule has 1 atom stereocenters. The molecule has 3 N–H and O–H groups in total. The summed E-state index contributed by atoms with van der Waals surface area (Å²) >= 11 is 0. The van der Waals surface area contributed by atoms with Gasteiger partial charge in [0.2, 0.25) is 5.91 Å². The topological polar surface area (TPSA) is 107 Å². The van der Waals surface area contributed by atoms with Crippen molar-refractivity contribution in [1.82, 2.24) is 10.2 Å². The lowest BCUT2D eigenvalue weighted by atomic mass is 10.1. The zero-order chi connectivity index (χ0) is 10.7. The van der Waals surface area contributed by atoms with Gasteiger partial charge in [-0.15, -0.1) is 0 Å². The molecule has 1 aliphatic rings. The Morgan fingerprint density at radius 3 is 2.64 bits per heavy atom. The van der Waals surface area contributed by atoms with Crippen molar-refractivity contribution in [2.24, 2.45) is 0 Å². The summed E-state index contributed by atoms with van der Waals surface area (Å²) < 4.78 is 0. The molecule has 14 heavy (non-hydrogen) atoms. The molecule has 1 heterocycles. The third-order valence-corrected chi connectivity index (χ3v) is 1.94. The molecular formula is C7H10N2O5. The van der Waals surface area contributed by atoms with Crippen molar-refractivity contribution >= 4 is 18.0 Å². The number of nitrogens with zero attached hydrogens (tertiary/aromatic N) is 1. The average Bonchev–Trinajstić information content (AvgIpc) is 2.07. The van der Waals surface area contributed by atoms with Gasteiger partial charge in [0, 0.05) is 13.1 Å². The summed E-state index contributed by atoms with van der Waals surface area (Å²) in [5, 5.41) is 19.6. The Morgan fingerprint density at radius 2 is 2.14 bits per heavy atom. The molecule has 1 saturated heterocycles. The van der Waals surface area contributed by atoms with Crippen molar-refractivity contribution in [3.05, 3.63) is 0 Å². The summed E-state index contributed by atoms with van der Waals surface area (Å²) in [5.74, 6) is -1.75. The second kappa shape index (κ2) is 3.95. The Morgan fingerprint density at radius 1 is 1.50 bits per heavy atom. The number of hydrogen-bond acceptors (Lipinski definition) is 3. The predicted octanol–water partition coefficient (Wildman–Crippen LogP) is -1.06. The summed E-state index contributed by atoms with van der Waals surface area (Å²) in [4.78, 5) is 33.0. The van der Waals surface area contributed by atoms with E-state index in [-0.39, 0.29) is 13.1 Å². The normalized spacial score (nSPS) is 21.6. The van der Waals surface area contributed by atoms with E-state index in [1.54, 1.807) is 0 Å². The number of aliphatic carboxylic acids is 1. The highest BCUT2D eigenvalue weighted by atomic mass is 16.4. The van der Waals surface area contributed by atoms with Crippen LogP contribution in [-0.2, 0) is 9.59 Å². The maximum atomic E-state index is 11.2. The third kappa shape index (κ3) is 2.12. The number of nitrogens with one attached hydrogen (secondary N) is 1. The van der Waals surface area contributed by atoms with Crippen molar-refractivity contribution < 1.29 is 24.6 Å². The third-order valence-electron chi connectivity index (χ3n) is 1.94. The van der Waals surface area contributed by atoms with E-state index in [1.807, 2.05) is 0 Å². The van der Waals surface area contributed by atoms with Gasteiger partial charge in [-0.25, -0.2) is 4.79 Å². The fraction of sp³-hybridized carbons (Fsp3) is 0.571. The number of carbonyl (C=O) groups is 3. The Bertz CT molecular complexity index is 277. The van der Waals surface area contributed by atoms with Crippen LogP contribution >= 0.6 is 0 Å². The van der Waals surface area contributed by atoms with Crippen LogP contribution < -0.4 is 5.32 Å². The van der Waals surface area contributed by atoms with E-state index < -0.39 is 30.4 Å². The number of piperazine rings is 1. The predicted molar refractivity (Wildman–Crippen MR) is 43.8 cm³/mol. The monoisotopic (exact) mass is 202 g/mol. The Balaban J connectivity index is 2.75. The van der Waals surface area contributed by atoms with Gasteiger partial charge in [0.15, 0.2) is 0 Å². The van der Waals surface area contributed by atoms with E-state index in [4.69, 9.17) is 10.2 Å². The summed E-state index contributed by atoms with van der Waals surface area (Å²) in [7, 11) is 0. The molecule has 0 saturated carbocycles. The highest BCUT2D eigenvalue weighted by molar-refractivity contribution is 5.89. The number of amides is 2. The van der Waals surface area contributed by atoms with Crippen molar-refractivity contribution in [2.75, 3.05) is 13.1 Å². The molecule has 7 heteroatoms. The van der Waals surface area contributed by atoms with Gasteiger partial charge in [-0.1, -0.05) is 0 Å². The molecule has 0 aromatic heterocycles. The van der Waals surface area contributed by atoms with Gasteiger partial charge in [0.1, 0.15) is 6.04 Å². The minimum absolute atomic E-state index is 0.124. The molecule has 0 aliphatic carbocycles. The molecule has 1 aliphatic heterocycles. The summed E-state index contributed by atoms with van der Waals surface area (Å²) in [6.45, 7) is 0.347. The Labute approximate surface area is 79.3 Å². The van der Waals surface area contributed by atoms with Crippen LogP contribution in [0.5, 0.6) is 0 Å². The average molecular weight is 202 g/mol. The molecule has 1 unspecified atom stereocenters. The fourth-order valence-electron chi connectivity index (χ4n) is 1.31. The maximum absolute atomic E-state index is 11.2. The van der Waals surface area contributed by atoms with Gasteiger partial charge in [-0.05, 0) is 0 Å². The smallest absolute Gasteiger partial charge is 0.408 e. The molecule has 2 amide bonds. The highest BCUT2D eigenvalue weighted by Gasteiger charge is 2.34. The molecule has 0 radical (unpaired) electrons. The van der Waals surface area contributed by atoms with Crippen LogP contribution in [0.1, 0.15) is 6.42 Å². The lowest BCUT2D eigenvalue weighted by Crippen LogP contribution is -2.57. The first-order valence-corrected chi connectivity index (χ1v) is 4.01. The van der Waals surface area contributed by atoms with Crippen LogP contribution in [0.2, 0.25) is 0 Å². The highest BCUT2D eigenvalue weighted by Crippen LogP contribution is 2.08. The van der Waals surface area contributed by atoms with Gasteiger partial charge in [-0.3, -0.25) is 14.5 Å². The largest absolute Gasteiger partial charge is 0.481 e. The van der Waals surface area contributed by atoms with Crippen LogP contribution in [0.3, 0.4) is 0 Å². The van der Waals surface area contributed by atoms with E-state index in [0.29, 0.717) is 0 Å². The number of rotatable bonds is 2. The zero-order valence-electron chi connectivity index (χ0n) is 7.27. The second-order valence-electron chi connectivity index (χ2n) is 2.88. The first-order valence-electron chi connectivity index (χ1n) is 4.01. The van der Waals surface area contributed by atoms with Crippen LogP contribution in [0.15, 0.2) is 0 Å². The second-order valence-corrected chi connectivity index (χ2v) is 2.88. The van der Waals surface area contributed by atoms with Crippen molar-refractivity contribution in [3.8, 4) is 0 Å². The lowest BCUT2D eigenvalue weighted by Gasteiger charge is -2.31. The quantitative estimate of drug-likeness (QED) is 0.529. The molecule has 7 nitrogen and oxygen atoms in total. The van der Waals surface area contributed by atoms with Gasteiger partial charge >= 0.3 is 12.1 Å². The lowest BCUT2D eigenvalue weighted by molar-refractivity contribution is -0.142. The van der Waals surface area contributed by atoms with E-state index in [0.717, 1.165) is 4.90 Å². The molecule has 0 bridgehead atoms. The minimum Gasteiger partial charge on any atom is -0.481 e.